The Balaban J connectivity index is 3.06. The maximum atomic E-state index is 12.0. The number of benzene rings is 1. The quantitative estimate of drug-likeness (QED) is 0.263. The molecule has 2 amide bonds. The summed E-state index contributed by atoms with van der Waals surface area (Å²) in [6.07, 6.45) is 0.493. The van der Waals surface area contributed by atoms with Crippen LogP contribution in [0.4, 0.5) is 10.5 Å². The largest absolute Gasteiger partial charge is 0.475 e. The lowest BCUT2D eigenvalue weighted by molar-refractivity contribution is -0.111. The molecule has 9 nitrogen and oxygen atoms in total. The molecule has 0 aromatic heterocycles. The number of nitrogens with zero attached hydrogens (tertiary/aromatic N) is 4. The zero-order chi connectivity index (χ0) is 19.9. The van der Waals surface area contributed by atoms with Crippen molar-refractivity contribution in [1.82, 2.24) is 5.01 Å². The Bertz CT molecular complexity index is 727. The van der Waals surface area contributed by atoms with Crippen molar-refractivity contribution in [3.05, 3.63) is 29.3 Å². The minimum Gasteiger partial charge on any atom is -0.475 e. The molecule has 1 aromatic carbocycles. The van der Waals surface area contributed by atoms with Crippen molar-refractivity contribution in [2.75, 3.05) is 12.1 Å². The second-order valence-corrected chi connectivity index (χ2v) is 5.71. The molecule has 1 rings (SSSR count). The van der Waals surface area contributed by atoms with Crippen molar-refractivity contribution in [3.8, 4) is 0 Å². The normalized spacial score (nSPS) is 12.0. The van der Waals surface area contributed by atoms with Crippen molar-refractivity contribution < 1.29 is 14.3 Å². The molecular formula is C17H26N6O3. The highest BCUT2D eigenvalue weighted by atomic mass is 16.5. The van der Waals surface area contributed by atoms with Crippen molar-refractivity contribution in [3.63, 3.8) is 0 Å². The summed E-state index contributed by atoms with van der Waals surface area (Å²) in [6.45, 7) is 6.88. The fourth-order valence-corrected chi connectivity index (χ4v) is 1.93. The first-order chi connectivity index (χ1) is 12.2. The molecule has 0 radical (unpaired) electrons. The molecule has 142 valence electrons. The third kappa shape index (κ3) is 5.64. The van der Waals surface area contributed by atoms with E-state index in [0.717, 1.165) is 21.1 Å². The van der Waals surface area contributed by atoms with Crippen LogP contribution in [0.25, 0.3) is 0 Å². The maximum absolute atomic E-state index is 12.0. The number of Topliss-reactive ketones (excluding diaryl/α,β-unsaturated/α-hetero) is 1. The van der Waals surface area contributed by atoms with Crippen LogP contribution < -0.4 is 16.7 Å². The van der Waals surface area contributed by atoms with Gasteiger partial charge in [-0.3, -0.25) is 9.80 Å². The Morgan fingerprint density at radius 2 is 1.85 bits per heavy atom. The number of amides is 2. The van der Waals surface area contributed by atoms with E-state index in [1.807, 2.05) is 19.9 Å². The average molecular weight is 362 g/mol. The lowest BCUT2D eigenvalue weighted by Gasteiger charge is -2.24. The highest BCUT2D eigenvalue weighted by molar-refractivity contribution is 6.37. The Morgan fingerprint density at radius 3 is 2.38 bits per heavy atom. The van der Waals surface area contributed by atoms with E-state index in [1.54, 1.807) is 19.1 Å². The molecule has 4 N–H and O–H groups in total. The van der Waals surface area contributed by atoms with Gasteiger partial charge in [-0.25, -0.2) is 21.5 Å². The lowest BCUT2D eigenvalue weighted by Crippen LogP contribution is -2.49. The minimum absolute atomic E-state index is 0.137. The Kier molecular flexibility index (Phi) is 7.88. The number of aryl methyl sites for hydroxylation is 1. The van der Waals surface area contributed by atoms with E-state index in [2.05, 4.69) is 10.2 Å². The molecule has 1 aromatic rings. The average Bonchev–Trinajstić information content (AvgIpc) is 2.60. The minimum atomic E-state index is -0.567. The Hall–Kier alpha value is -2.78. The molecule has 0 aliphatic carbocycles. The van der Waals surface area contributed by atoms with Gasteiger partial charge in [-0.1, -0.05) is 19.1 Å². The van der Waals surface area contributed by atoms with Crippen LogP contribution in [0.1, 0.15) is 38.3 Å². The number of carbonyl (C=O) groups is 2. The zero-order valence-electron chi connectivity index (χ0n) is 15.8. The van der Waals surface area contributed by atoms with Crippen LogP contribution in [0.15, 0.2) is 28.4 Å². The summed E-state index contributed by atoms with van der Waals surface area (Å²) in [5, 5.41) is 9.68. The highest BCUT2D eigenvalue weighted by Crippen LogP contribution is 2.23. The fourth-order valence-electron chi connectivity index (χ4n) is 1.93. The maximum Gasteiger partial charge on any atom is 0.352 e. The second-order valence-electron chi connectivity index (χ2n) is 5.71. The van der Waals surface area contributed by atoms with Crippen LogP contribution in [0, 0.1) is 6.92 Å². The molecule has 0 unspecified atom stereocenters. The predicted molar refractivity (Wildman–Crippen MR) is 101 cm³/mol. The summed E-state index contributed by atoms with van der Waals surface area (Å²) in [5.41, 5.74) is 2.38. The molecule has 0 aliphatic heterocycles. The highest BCUT2D eigenvalue weighted by Gasteiger charge is 2.19. The van der Waals surface area contributed by atoms with Crippen LogP contribution in [0.2, 0.25) is 0 Å². The van der Waals surface area contributed by atoms with Gasteiger partial charge in [-0.05, 0) is 25.5 Å². The van der Waals surface area contributed by atoms with Crippen LogP contribution in [0.3, 0.4) is 0 Å². The standard InChI is InChI=1S/C17H26N6O3/c1-6-16(21-20-12(3)13(4)24)26-10-14-11(2)8-7-9-15(14)23(19)17(25)22(5)18/h7-9H,6,10,18-19H2,1-5H3. The van der Waals surface area contributed by atoms with Crippen LogP contribution in [0.5, 0.6) is 0 Å². The topological polar surface area (TPSA) is 127 Å². The fraction of sp³-hybridized carbons (Fsp3) is 0.412. The number of ketones is 1. The summed E-state index contributed by atoms with van der Waals surface area (Å²) in [4.78, 5) is 23.2. The summed E-state index contributed by atoms with van der Waals surface area (Å²) < 4.78 is 5.71. The number of rotatable bonds is 6. The molecule has 0 bridgehead atoms. The molecule has 26 heavy (non-hydrogen) atoms. The van der Waals surface area contributed by atoms with Crippen LogP contribution >= 0.6 is 0 Å². The lowest BCUT2D eigenvalue weighted by atomic mass is 10.1. The molecule has 0 saturated heterocycles. The predicted octanol–water partition coefficient (Wildman–Crippen LogP) is 1.89. The third-order valence-corrected chi connectivity index (χ3v) is 3.66. The number of nitrogens with two attached hydrogens (primary N) is 2. The van der Waals surface area contributed by atoms with Crippen molar-refractivity contribution in [2.45, 2.75) is 40.7 Å². The molecule has 0 saturated carbocycles. The Labute approximate surface area is 153 Å². The van der Waals surface area contributed by atoms with Gasteiger partial charge in [0.25, 0.3) is 0 Å². The molecule has 0 atom stereocenters. The molecule has 0 fully saturated rings. The van der Waals surface area contributed by atoms with Crippen molar-refractivity contribution in [2.24, 2.45) is 21.9 Å². The smallest absolute Gasteiger partial charge is 0.352 e. The monoisotopic (exact) mass is 362 g/mol. The van der Waals surface area contributed by atoms with Gasteiger partial charge in [0.2, 0.25) is 5.90 Å². The third-order valence-electron chi connectivity index (χ3n) is 3.66. The van der Waals surface area contributed by atoms with E-state index in [4.69, 9.17) is 16.4 Å². The van der Waals surface area contributed by atoms with Gasteiger partial charge in [0.05, 0.1) is 5.69 Å². The van der Waals surface area contributed by atoms with E-state index in [9.17, 15) is 9.59 Å². The number of anilines is 1. The number of hydrogen-bond donors (Lipinski definition) is 2. The molecular weight excluding hydrogens is 336 g/mol. The van der Waals surface area contributed by atoms with Gasteiger partial charge in [0.1, 0.15) is 12.3 Å². The van der Waals surface area contributed by atoms with Crippen molar-refractivity contribution in [1.29, 1.82) is 0 Å². The first kappa shape index (κ1) is 21.3. The molecule has 0 spiro atoms. The van der Waals surface area contributed by atoms with Gasteiger partial charge in [-0.15, -0.1) is 10.2 Å². The second kappa shape index (κ2) is 9.64. The SMILES string of the molecule is CCC(=NN=C(C)C(C)=O)OCc1c(C)cccc1N(N)C(=O)N(C)N. The van der Waals surface area contributed by atoms with Gasteiger partial charge in [0.15, 0.2) is 5.78 Å². The molecule has 9 heteroatoms. The van der Waals surface area contributed by atoms with E-state index in [-0.39, 0.29) is 12.4 Å². The van der Waals surface area contributed by atoms with E-state index >= 15 is 0 Å². The summed E-state index contributed by atoms with van der Waals surface area (Å²) in [5.74, 6) is 11.6. The van der Waals surface area contributed by atoms with Crippen molar-refractivity contribution >= 4 is 29.1 Å². The zero-order valence-corrected chi connectivity index (χ0v) is 15.8. The number of hydrogen-bond acceptors (Lipinski definition) is 7. The number of hydrazine groups is 2. The summed E-state index contributed by atoms with van der Waals surface area (Å²) >= 11 is 0. The number of carbonyl (C=O) groups excluding carboxylic acids is 2. The van der Waals surface area contributed by atoms with Crippen LogP contribution in [-0.4, -0.2) is 35.5 Å². The van der Waals surface area contributed by atoms with Gasteiger partial charge in [0, 0.05) is 26.0 Å². The number of ether oxygens (including phenoxy) is 1. The van der Waals surface area contributed by atoms with E-state index in [1.165, 1.54) is 14.0 Å². The molecule has 0 aliphatic rings. The number of urea groups is 1. The summed E-state index contributed by atoms with van der Waals surface area (Å²) in [6, 6.07) is 4.80. The van der Waals surface area contributed by atoms with E-state index in [0.29, 0.717) is 23.7 Å². The van der Waals surface area contributed by atoms with E-state index < -0.39 is 6.03 Å². The van der Waals surface area contributed by atoms with Gasteiger partial charge >= 0.3 is 6.03 Å². The Morgan fingerprint density at radius 1 is 1.19 bits per heavy atom. The van der Waals surface area contributed by atoms with Gasteiger partial charge in [-0.2, -0.15) is 0 Å². The molecule has 0 heterocycles. The van der Waals surface area contributed by atoms with Crippen LogP contribution in [-0.2, 0) is 16.1 Å². The first-order valence-corrected chi connectivity index (χ1v) is 8.09. The van der Waals surface area contributed by atoms with Gasteiger partial charge < -0.3 is 4.74 Å². The summed E-state index contributed by atoms with van der Waals surface area (Å²) in [7, 11) is 1.41. The first-order valence-electron chi connectivity index (χ1n) is 8.09.